The Morgan fingerprint density at radius 2 is 1.79 bits per heavy atom. The van der Waals surface area contributed by atoms with Crippen LogP contribution < -0.4 is 19.5 Å². The molecule has 0 radical (unpaired) electrons. The Bertz CT molecular complexity index is 1010. The molecule has 4 rings (SSSR count). The van der Waals surface area contributed by atoms with Gasteiger partial charge in [-0.25, -0.2) is 0 Å². The van der Waals surface area contributed by atoms with Gasteiger partial charge in [-0.2, -0.15) is 0 Å². The molecule has 2 heterocycles. The summed E-state index contributed by atoms with van der Waals surface area (Å²) in [6.45, 7) is 5.63. The van der Waals surface area contributed by atoms with Crippen molar-refractivity contribution in [3.05, 3.63) is 53.6 Å². The lowest BCUT2D eigenvalue weighted by Gasteiger charge is -2.28. The van der Waals surface area contributed by atoms with Crippen molar-refractivity contribution in [3.8, 4) is 17.2 Å². The molecular formula is C26H32N2O6. The zero-order valence-electron chi connectivity index (χ0n) is 19.9. The van der Waals surface area contributed by atoms with Crippen LogP contribution in [0.2, 0.25) is 0 Å². The van der Waals surface area contributed by atoms with E-state index in [4.69, 9.17) is 18.9 Å². The van der Waals surface area contributed by atoms with Crippen molar-refractivity contribution < 1.29 is 28.5 Å². The number of esters is 1. The maximum absolute atomic E-state index is 13.3. The van der Waals surface area contributed by atoms with Gasteiger partial charge in [0.2, 0.25) is 12.7 Å². The summed E-state index contributed by atoms with van der Waals surface area (Å²) in [4.78, 5) is 28.1. The Morgan fingerprint density at radius 3 is 2.50 bits per heavy atom. The molecule has 2 aromatic rings. The minimum absolute atomic E-state index is 0.0608. The van der Waals surface area contributed by atoms with Crippen LogP contribution in [-0.4, -0.2) is 56.9 Å². The smallest absolute Gasteiger partial charge is 0.311 e. The van der Waals surface area contributed by atoms with Gasteiger partial charge in [0.15, 0.2) is 11.5 Å². The first-order chi connectivity index (χ1) is 16.5. The van der Waals surface area contributed by atoms with E-state index in [0.29, 0.717) is 24.6 Å². The topological polar surface area (TPSA) is 86.3 Å². The molecule has 1 saturated heterocycles. The molecule has 3 atom stereocenters. The fourth-order valence-corrected chi connectivity index (χ4v) is 4.80. The van der Waals surface area contributed by atoms with Crippen molar-refractivity contribution in [2.75, 3.05) is 40.1 Å². The normalized spacial score (nSPS) is 21.3. The molecular weight excluding hydrogens is 436 g/mol. The Kier molecular flexibility index (Phi) is 7.57. The van der Waals surface area contributed by atoms with Crippen molar-refractivity contribution >= 4 is 11.9 Å². The summed E-state index contributed by atoms with van der Waals surface area (Å²) in [5.41, 5.74) is 1.89. The summed E-state index contributed by atoms with van der Waals surface area (Å²) < 4.78 is 21.9. The molecule has 2 aromatic carbocycles. The third-order valence-corrected chi connectivity index (χ3v) is 6.36. The summed E-state index contributed by atoms with van der Waals surface area (Å²) in [5.74, 6) is 1.08. The lowest BCUT2D eigenvalue weighted by atomic mass is 9.82. The number of likely N-dealkylation sites (tertiary alicyclic amines) is 1. The Labute approximate surface area is 200 Å². The van der Waals surface area contributed by atoms with E-state index in [0.717, 1.165) is 23.3 Å². The number of ether oxygens (including phenoxy) is 4. The second-order valence-electron chi connectivity index (χ2n) is 8.49. The van der Waals surface area contributed by atoms with Crippen LogP contribution in [0.4, 0.5) is 0 Å². The molecule has 0 aromatic heterocycles. The van der Waals surface area contributed by atoms with E-state index in [1.165, 1.54) is 0 Å². The summed E-state index contributed by atoms with van der Waals surface area (Å²) in [7, 11) is 1.62. The number of carbonyl (C=O) groups is 2. The van der Waals surface area contributed by atoms with Gasteiger partial charge in [0.1, 0.15) is 5.75 Å². The first-order valence-electron chi connectivity index (χ1n) is 11.8. The first-order valence-corrected chi connectivity index (χ1v) is 11.8. The minimum atomic E-state index is -0.493. The molecule has 0 bridgehead atoms. The summed E-state index contributed by atoms with van der Waals surface area (Å²) in [6, 6.07) is 13.1. The van der Waals surface area contributed by atoms with E-state index in [-0.39, 0.29) is 43.8 Å². The number of benzene rings is 2. The SMILES string of the molecule is CCCNC(=O)CN1CC(c2ccc3c(c2)OCO3)C(C(=O)OCC)C1c1ccc(OC)cc1. The summed E-state index contributed by atoms with van der Waals surface area (Å²) in [6.07, 6.45) is 0.860. The zero-order valence-corrected chi connectivity index (χ0v) is 19.9. The maximum atomic E-state index is 13.3. The van der Waals surface area contributed by atoms with Crippen LogP contribution in [0.5, 0.6) is 17.2 Å². The highest BCUT2D eigenvalue weighted by atomic mass is 16.7. The van der Waals surface area contributed by atoms with E-state index in [9.17, 15) is 9.59 Å². The molecule has 8 nitrogen and oxygen atoms in total. The van der Waals surface area contributed by atoms with Crippen molar-refractivity contribution in [1.29, 1.82) is 0 Å². The number of fused-ring (bicyclic) bond motifs is 1. The molecule has 2 aliphatic rings. The molecule has 0 saturated carbocycles. The molecule has 1 N–H and O–H groups in total. The first kappa shape index (κ1) is 23.9. The fourth-order valence-electron chi connectivity index (χ4n) is 4.80. The Hall–Kier alpha value is -3.26. The average molecular weight is 469 g/mol. The highest BCUT2D eigenvalue weighted by Gasteiger charge is 2.48. The number of nitrogens with one attached hydrogen (secondary N) is 1. The highest BCUT2D eigenvalue weighted by Crippen LogP contribution is 2.48. The third-order valence-electron chi connectivity index (χ3n) is 6.36. The molecule has 34 heavy (non-hydrogen) atoms. The van der Waals surface area contributed by atoms with Crippen molar-refractivity contribution in [2.24, 2.45) is 5.92 Å². The fraction of sp³-hybridized carbons (Fsp3) is 0.462. The average Bonchev–Trinajstić information content (AvgIpc) is 3.47. The molecule has 1 amide bonds. The number of hydrogen-bond donors (Lipinski definition) is 1. The Balaban J connectivity index is 1.72. The van der Waals surface area contributed by atoms with Gasteiger partial charge >= 0.3 is 5.97 Å². The van der Waals surface area contributed by atoms with Crippen LogP contribution in [-0.2, 0) is 14.3 Å². The van der Waals surface area contributed by atoms with Gasteiger partial charge in [0.05, 0.1) is 26.2 Å². The second-order valence-corrected chi connectivity index (χ2v) is 8.49. The molecule has 1 fully saturated rings. The number of methoxy groups -OCH3 is 1. The van der Waals surface area contributed by atoms with E-state index in [2.05, 4.69) is 10.2 Å². The van der Waals surface area contributed by atoms with Crippen molar-refractivity contribution in [2.45, 2.75) is 32.2 Å². The predicted molar refractivity (Wildman–Crippen MR) is 126 cm³/mol. The molecule has 182 valence electrons. The van der Waals surface area contributed by atoms with Gasteiger partial charge < -0.3 is 24.3 Å². The van der Waals surface area contributed by atoms with Gasteiger partial charge in [-0.05, 0) is 48.7 Å². The third kappa shape index (κ3) is 4.97. The summed E-state index contributed by atoms with van der Waals surface area (Å²) in [5, 5.41) is 2.95. The van der Waals surface area contributed by atoms with E-state index in [1.54, 1.807) is 14.0 Å². The van der Waals surface area contributed by atoms with Crippen LogP contribution >= 0.6 is 0 Å². The van der Waals surface area contributed by atoms with Gasteiger partial charge in [-0.1, -0.05) is 25.1 Å². The lowest BCUT2D eigenvalue weighted by molar-refractivity contribution is -0.149. The van der Waals surface area contributed by atoms with Crippen molar-refractivity contribution in [1.82, 2.24) is 10.2 Å². The van der Waals surface area contributed by atoms with E-state index in [1.807, 2.05) is 49.4 Å². The molecule has 2 aliphatic heterocycles. The number of nitrogens with zero attached hydrogens (tertiary/aromatic N) is 1. The van der Waals surface area contributed by atoms with Crippen molar-refractivity contribution in [3.63, 3.8) is 0 Å². The molecule has 3 unspecified atom stereocenters. The van der Waals surface area contributed by atoms with Crippen LogP contribution in [0.3, 0.4) is 0 Å². The van der Waals surface area contributed by atoms with E-state index < -0.39 is 5.92 Å². The largest absolute Gasteiger partial charge is 0.497 e. The quantitative estimate of drug-likeness (QED) is 0.565. The monoisotopic (exact) mass is 468 g/mol. The molecule has 0 spiro atoms. The van der Waals surface area contributed by atoms with Crippen LogP contribution in [0.25, 0.3) is 0 Å². The van der Waals surface area contributed by atoms with Crippen LogP contribution in [0, 0.1) is 5.92 Å². The lowest BCUT2D eigenvalue weighted by Crippen LogP contribution is -2.38. The maximum Gasteiger partial charge on any atom is 0.311 e. The number of amides is 1. The second kappa shape index (κ2) is 10.8. The van der Waals surface area contributed by atoms with E-state index >= 15 is 0 Å². The van der Waals surface area contributed by atoms with Gasteiger partial charge in [-0.3, -0.25) is 14.5 Å². The molecule has 8 heteroatoms. The number of rotatable bonds is 9. The standard InChI is InChI=1S/C26H32N2O6/c1-4-12-27-23(29)15-28-14-20(18-8-11-21-22(13-18)34-16-33-21)24(26(30)32-5-2)25(28)17-6-9-19(31-3)10-7-17/h6-11,13,20,24-25H,4-5,12,14-16H2,1-3H3,(H,27,29). The predicted octanol–water partition coefficient (Wildman–Crippen LogP) is 3.27. The number of hydrogen-bond acceptors (Lipinski definition) is 7. The van der Waals surface area contributed by atoms with Crippen LogP contribution in [0.1, 0.15) is 43.4 Å². The number of carbonyl (C=O) groups excluding carboxylic acids is 2. The van der Waals surface area contributed by atoms with Gasteiger partial charge in [0, 0.05) is 25.0 Å². The highest BCUT2D eigenvalue weighted by molar-refractivity contribution is 5.79. The summed E-state index contributed by atoms with van der Waals surface area (Å²) >= 11 is 0. The Morgan fingerprint density at radius 1 is 1.06 bits per heavy atom. The molecule has 0 aliphatic carbocycles. The minimum Gasteiger partial charge on any atom is -0.497 e. The van der Waals surface area contributed by atoms with Crippen LogP contribution in [0.15, 0.2) is 42.5 Å². The zero-order chi connectivity index (χ0) is 24.1. The van der Waals surface area contributed by atoms with Gasteiger partial charge in [0.25, 0.3) is 0 Å². The van der Waals surface area contributed by atoms with Gasteiger partial charge in [-0.15, -0.1) is 0 Å².